The zero-order chi connectivity index (χ0) is 13.1. The molecule has 0 aromatic heterocycles. The van der Waals surface area contributed by atoms with Crippen molar-refractivity contribution in [1.82, 2.24) is 4.90 Å². The fourth-order valence-electron chi connectivity index (χ4n) is 2.71. The molecule has 0 saturated carbocycles. The van der Waals surface area contributed by atoms with Crippen LogP contribution in [0.25, 0.3) is 0 Å². The van der Waals surface area contributed by atoms with Crippen LogP contribution in [0.5, 0.6) is 0 Å². The lowest BCUT2D eigenvalue weighted by molar-refractivity contribution is 0.143. The van der Waals surface area contributed by atoms with E-state index in [9.17, 15) is 0 Å². The average molecular weight is 264 g/mol. The van der Waals surface area contributed by atoms with Gasteiger partial charge in [-0.15, -0.1) is 0 Å². The first-order valence-corrected chi connectivity index (χ1v) is 7.90. The maximum absolute atomic E-state index is 6.25. The summed E-state index contributed by atoms with van der Waals surface area (Å²) in [6.45, 7) is 7.71. The third-order valence-corrected chi connectivity index (χ3v) is 4.88. The van der Waals surface area contributed by atoms with Gasteiger partial charge in [0.15, 0.2) is 0 Å². The van der Waals surface area contributed by atoms with E-state index in [4.69, 9.17) is 5.73 Å². The van der Waals surface area contributed by atoms with Crippen LogP contribution < -0.4 is 5.73 Å². The van der Waals surface area contributed by atoms with Crippen molar-refractivity contribution >= 4 is 11.8 Å². The number of rotatable bonds is 3. The van der Waals surface area contributed by atoms with E-state index < -0.39 is 0 Å². The normalized spacial score (nSPS) is 24.8. The highest BCUT2D eigenvalue weighted by Gasteiger charge is 2.29. The van der Waals surface area contributed by atoms with Crippen molar-refractivity contribution in [1.29, 1.82) is 0 Å². The van der Waals surface area contributed by atoms with E-state index in [-0.39, 0.29) is 6.04 Å². The standard InChI is InChI=1S/C15H24N2S/c1-11-4-6-14(7-5-11)15(13(3)16)17-8-9-18-10-12(17)2/h4-7,12-13,15H,8-10,16H2,1-3H3. The lowest BCUT2D eigenvalue weighted by atomic mass is 9.97. The van der Waals surface area contributed by atoms with Crippen LogP contribution in [0.4, 0.5) is 0 Å². The lowest BCUT2D eigenvalue weighted by Gasteiger charge is -2.41. The first-order chi connectivity index (χ1) is 8.59. The third kappa shape index (κ3) is 3.08. The Kier molecular flexibility index (Phi) is 4.71. The summed E-state index contributed by atoms with van der Waals surface area (Å²) in [7, 11) is 0. The summed E-state index contributed by atoms with van der Waals surface area (Å²) in [5.41, 5.74) is 8.92. The second-order valence-corrected chi connectivity index (χ2v) is 6.53. The molecule has 0 amide bonds. The van der Waals surface area contributed by atoms with Crippen LogP contribution in [-0.2, 0) is 0 Å². The molecule has 2 rings (SSSR count). The number of aryl methyl sites for hydroxylation is 1. The number of nitrogens with two attached hydrogens (primary N) is 1. The topological polar surface area (TPSA) is 29.3 Å². The van der Waals surface area contributed by atoms with E-state index in [0.717, 1.165) is 6.54 Å². The molecule has 1 aromatic carbocycles. The highest BCUT2D eigenvalue weighted by Crippen LogP contribution is 2.29. The zero-order valence-corrected chi connectivity index (χ0v) is 12.4. The fourth-order valence-corrected chi connectivity index (χ4v) is 3.75. The minimum absolute atomic E-state index is 0.165. The SMILES string of the molecule is Cc1ccc(C(C(C)N)N2CCSCC2C)cc1. The van der Waals surface area contributed by atoms with Crippen LogP contribution in [0.2, 0.25) is 0 Å². The Hall–Kier alpha value is -0.510. The second kappa shape index (κ2) is 6.09. The van der Waals surface area contributed by atoms with Crippen molar-refractivity contribution < 1.29 is 0 Å². The molecule has 3 heteroatoms. The smallest absolute Gasteiger partial charge is 0.0499 e. The fraction of sp³-hybridized carbons (Fsp3) is 0.600. The van der Waals surface area contributed by atoms with Crippen molar-refractivity contribution in [2.24, 2.45) is 5.73 Å². The summed E-state index contributed by atoms with van der Waals surface area (Å²) in [5, 5.41) is 0. The number of thioether (sulfide) groups is 1. The number of nitrogens with zero attached hydrogens (tertiary/aromatic N) is 1. The van der Waals surface area contributed by atoms with Gasteiger partial charge in [0.2, 0.25) is 0 Å². The van der Waals surface area contributed by atoms with E-state index in [1.807, 2.05) is 0 Å². The van der Waals surface area contributed by atoms with Gasteiger partial charge in [-0.1, -0.05) is 29.8 Å². The molecule has 100 valence electrons. The Morgan fingerprint density at radius 3 is 2.56 bits per heavy atom. The second-order valence-electron chi connectivity index (χ2n) is 5.38. The van der Waals surface area contributed by atoms with Gasteiger partial charge in [0.05, 0.1) is 0 Å². The van der Waals surface area contributed by atoms with Crippen molar-refractivity contribution in [3.63, 3.8) is 0 Å². The predicted octanol–water partition coefficient (Wildman–Crippen LogP) is 2.82. The molecule has 0 bridgehead atoms. The summed E-state index contributed by atoms with van der Waals surface area (Å²) in [4.78, 5) is 2.58. The Balaban J connectivity index is 2.24. The molecule has 1 aromatic rings. The van der Waals surface area contributed by atoms with Crippen LogP contribution in [0, 0.1) is 6.92 Å². The van der Waals surface area contributed by atoms with Gasteiger partial charge in [-0.25, -0.2) is 0 Å². The van der Waals surface area contributed by atoms with Gasteiger partial charge in [0, 0.05) is 36.2 Å². The minimum Gasteiger partial charge on any atom is -0.326 e. The van der Waals surface area contributed by atoms with Crippen LogP contribution in [0.15, 0.2) is 24.3 Å². The largest absolute Gasteiger partial charge is 0.326 e. The molecule has 1 heterocycles. The Labute approximate surface area is 115 Å². The van der Waals surface area contributed by atoms with Gasteiger partial charge < -0.3 is 5.73 Å². The highest BCUT2D eigenvalue weighted by atomic mass is 32.2. The third-order valence-electron chi connectivity index (χ3n) is 3.69. The molecule has 0 aliphatic carbocycles. The summed E-state index contributed by atoms with van der Waals surface area (Å²) in [6.07, 6.45) is 0. The first-order valence-electron chi connectivity index (χ1n) is 6.75. The molecular weight excluding hydrogens is 240 g/mol. The van der Waals surface area contributed by atoms with Gasteiger partial charge >= 0.3 is 0 Å². The van der Waals surface area contributed by atoms with E-state index >= 15 is 0 Å². The Morgan fingerprint density at radius 2 is 2.00 bits per heavy atom. The van der Waals surface area contributed by atoms with Gasteiger partial charge in [0.25, 0.3) is 0 Å². The van der Waals surface area contributed by atoms with E-state index in [0.29, 0.717) is 12.1 Å². The average Bonchev–Trinajstić information content (AvgIpc) is 2.34. The molecule has 3 atom stereocenters. The maximum Gasteiger partial charge on any atom is 0.0499 e. The summed E-state index contributed by atoms with van der Waals surface area (Å²) >= 11 is 2.05. The molecule has 0 spiro atoms. The molecule has 2 nitrogen and oxygen atoms in total. The molecule has 1 aliphatic rings. The molecule has 18 heavy (non-hydrogen) atoms. The van der Waals surface area contributed by atoms with E-state index in [2.05, 4.69) is 61.7 Å². The lowest BCUT2D eigenvalue weighted by Crippen LogP contribution is -2.48. The summed E-state index contributed by atoms with van der Waals surface area (Å²) in [5.74, 6) is 2.44. The van der Waals surface area contributed by atoms with Crippen LogP contribution in [0.3, 0.4) is 0 Å². The summed E-state index contributed by atoms with van der Waals surface area (Å²) in [6, 6.07) is 9.97. The van der Waals surface area contributed by atoms with Gasteiger partial charge in [-0.05, 0) is 26.3 Å². The molecular formula is C15H24N2S. The van der Waals surface area contributed by atoms with Crippen molar-refractivity contribution in [2.75, 3.05) is 18.1 Å². The zero-order valence-electron chi connectivity index (χ0n) is 11.6. The van der Waals surface area contributed by atoms with Gasteiger partial charge in [-0.3, -0.25) is 4.90 Å². The molecule has 0 radical (unpaired) electrons. The Bertz CT molecular complexity index is 375. The van der Waals surface area contributed by atoms with E-state index in [1.165, 1.54) is 22.6 Å². The quantitative estimate of drug-likeness (QED) is 0.910. The molecule has 1 aliphatic heterocycles. The van der Waals surface area contributed by atoms with Gasteiger partial charge in [-0.2, -0.15) is 11.8 Å². The first kappa shape index (κ1) is 13.9. The van der Waals surface area contributed by atoms with Crippen LogP contribution in [-0.4, -0.2) is 35.0 Å². The Morgan fingerprint density at radius 1 is 1.33 bits per heavy atom. The molecule has 1 saturated heterocycles. The number of hydrogen-bond acceptors (Lipinski definition) is 3. The molecule has 2 N–H and O–H groups in total. The predicted molar refractivity (Wildman–Crippen MR) is 81.1 cm³/mol. The summed E-state index contributed by atoms with van der Waals surface area (Å²) < 4.78 is 0. The molecule has 1 fully saturated rings. The van der Waals surface area contributed by atoms with Gasteiger partial charge in [0.1, 0.15) is 0 Å². The highest BCUT2D eigenvalue weighted by molar-refractivity contribution is 7.99. The van der Waals surface area contributed by atoms with Crippen molar-refractivity contribution in [3.05, 3.63) is 35.4 Å². The van der Waals surface area contributed by atoms with Crippen LogP contribution in [0.1, 0.15) is 31.0 Å². The van der Waals surface area contributed by atoms with Crippen LogP contribution >= 0.6 is 11.8 Å². The van der Waals surface area contributed by atoms with Crippen molar-refractivity contribution in [3.8, 4) is 0 Å². The molecule has 3 unspecified atom stereocenters. The number of benzene rings is 1. The maximum atomic E-state index is 6.25. The number of hydrogen-bond donors (Lipinski definition) is 1. The minimum atomic E-state index is 0.165. The monoisotopic (exact) mass is 264 g/mol. The van der Waals surface area contributed by atoms with E-state index in [1.54, 1.807) is 0 Å². The van der Waals surface area contributed by atoms with Crippen molar-refractivity contribution in [2.45, 2.75) is 38.9 Å².